The number of aromatic nitrogens is 2. The molecular weight excluding hydrogens is 336 g/mol. The summed E-state index contributed by atoms with van der Waals surface area (Å²) in [6.07, 6.45) is 2.26. The normalized spacial score (nSPS) is 18.5. The molecule has 3 nitrogen and oxygen atoms in total. The number of nitrogens with zero attached hydrogens (tertiary/aromatic N) is 1. The number of fused-ring (bicyclic) bond motifs is 1. The highest BCUT2D eigenvalue weighted by molar-refractivity contribution is 9.09. The van der Waals surface area contributed by atoms with Crippen LogP contribution in [0, 0.1) is 12.3 Å². The molecule has 1 fully saturated rings. The van der Waals surface area contributed by atoms with Crippen molar-refractivity contribution >= 4 is 38.7 Å². The van der Waals surface area contributed by atoms with Gasteiger partial charge in [-0.25, -0.2) is 4.98 Å². The molecule has 0 saturated carbocycles. The maximum absolute atomic E-state index is 5.49. The number of nitrogens with one attached hydrogen (secondary N) is 1. The maximum atomic E-state index is 5.49. The lowest BCUT2D eigenvalue weighted by atomic mass is 9.85. The van der Waals surface area contributed by atoms with E-state index in [4.69, 9.17) is 4.74 Å². The highest BCUT2D eigenvalue weighted by Gasteiger charge is 2.31. The second kappa shape index (κ2) is 6.08. The molecule has 0 radical (unpaired) electrons. The van der Waals surface area contributed by atoms with Gasteiger partial charge in [-0.3, -0.25) is 0 Å². The topological polar surface area (TPSA) is 37.9 Å². The summed E-state index contributed by atoms with van der Waals surface area (Å²) in [5, 5.41) is 2.06. The van der Waals surface area contributed by atoms with Crippen molar-refractivity contribution in [3.05, 3.63) is 23.8 Å². The first-order valence-corrected chi connectivity index (χ1v) is 9.04. The van der Waals surface area contributed by atoms with E-state index in [2.05, 4.69) is 51.0 Å². The molecule has 108 valence electrons. The van der Waals surface area contributed by atoms with Crippen molar-refractivity contribution in [2.45, 2.75) is 24.9 Å². The number of aryl methyl sites for hydroxylation is 1. The number of hydrogen-bond acceptors (Lipinski definition) is 3. The van der Waals surface area contributed by atoms with E-state index in [1.54, 1.807) is 0 Å². The third-order valence-electron chi connectivity index (χ3n) is 3.97. The van der Waals surface area contributed by atoms with E-state index in [-0.39, 0.29) is 0 Å². The molecule has 1 aliphatic rings. The standard InChI is InChI=1S/C15H19BrN2OS/c1-11-2-3-12-13(8-11)18-14(17-12)20-10-15(9-16)4-6-19-7-5-15/h2-3,8H,4-7,9-10H2,1H3,(H,17,18). The highest BCUT2D eigenvalue weighted by atomic mass is 79.9. The first-order chi connectivity index (χ1) is 9.71. The molecule has 1 saturated heterocycles. The van der Waals surface area contributed by atoms with E-state index in [9.17, 15) is 0 Å². The van der Waals surface area contributed by atoms with Gasteiger partial charge in [0.1, 0.15) is 0 Å². The Balaban J connectivity index is 1.72. The summed E-state index contributed by atoms with van der Waals surface area (Å²) in [5.41, 5.74) is 3.79. The average Bonchev–Trinajstić information content (AvgIpc) is 2.88. The Hall–Kier alpha value is -0.520. The van der Waals surface area contributed by atoms with Crippen LogP contribution in [0.3, 0.4) is 0 Å². The molecule has 1 aliphatic heterocycles. The van der Waals surface area contributed by atoms with Crippen LogP contribution in [-0.4, -0.2) is 34.3 Å². The summed E-state index contributed by atoms with van der Waals surface area (Å²) in [6, 6.07) is 6.34. The molecular formula is C15H19BrN2OS. The smallest absolute Gasteiger partial charge is 0.166 e. The molecule has 20 heavy (non-hydrogen) atoms. The third kappa shape index (κ3) is 3.05. The Kier molecular flexibility index (Phi) is 4.38. The van der Waals surface area contributed by atoms with Crippen molar-refractivity contribution in [1.29, 1.82) is 0 Å². The third-order valence-corrected chi connectivity index (χ3v) is 6.38. The molecule has 0 unspecified atom stereocenters. The van der Waals surface area contributed by atoms with Gasteiger partial charge in [-0.15, -0.1) is 0 Å². The van der Waals surface area contributed by atoms with Crippen LogP contribution in [0.15, 0.2) is 23.4 Å². The van der Waals surface area contributed by atoms with Crippen molar-refractivity contribution in [1.82, 2.24) is 9.97 Å². The van der Waals surface area contributed by atoms with Crippen LogP contribution in [-0.2, 0) is 4.74 Å². The molecule has 1 aromatic carbocycles. The monoisotopic (exact) mass is 354 g/mol. The van der Waals surface area contributed by atoms with E-state index in [0.29, 0.717) is 5.41 Å². The van der Waals surface area contributed by atoms with Crippen molar-refractivity contribution in [3.63, 3.8) is 0 Å². The van der Waals surface area contributed by atoms with Crippen molar-refractivity contribution < 1.29 is 4.74 Å². The predicted octanol–water partition coefficient (Wildman–Crippen LogP) is 4.16. The first-order valence-electron chi connectivity index (χ1n) is 6.94. The minimum absolute atomic E-state index is 0.345. The molecule has 0 spiro atoms. The lowest BCUT2D eigenvalue weighted by molar-refractivity contribution is 0.0374. The summed E-state index contributed by atoms with van der Waals surface area (Å²) in [4.78, 5) is 8.09. The van der Waals surface area contributed by atoms with E-state index in [1.165, 1.54) is 5.56 Å². The minimum atomic E-state index is 0.345. The number of rotatable bonds is 4. The van der Waals surface area contributed by atoms with Gasteiger partial charge in [0.05, 0.1) is 11.0 Å². The summed E-state index contributed by atoms with van der Waals surface area (Å²) < 4.78 is 5.49. The molecule has 0 aliphatic carbocycles. The minimum Gasteiger partial charge on any atom is -0.381 e. The fraction of sp³-hybridized carbons (Fsp3) is 0.533. The molecule has 0 amide bonds. The average molecular weight is 355 g/mol. The lowest BCUT2D eigenvalue weighted by Gasteiger charge is -2.35. The number of alkyl halides is 1. The molecule has 0 bridgehead atoms. The Morgan fingerprint density at radius 2 is 2.20 bits per heavy atom. The molecule has 1 N–H and O–H groups in total. The van der Waals surface area contributed by atoms with Gasteiger partial charge in [-0.2, -0.15) is 0 Å². The number of ether oxygens (including phenoxy) is 1. The zero-order valence-electron chi connectivity index (χ0n) is 11.6. The van der Waals surface area contributed by atoms with Crippen LogP contribution in [0.5, 0.6) is 0 Å². The second-order valence-corrected chi connectivity index (χ2v) is 7.12. The van der Waals surface area contributed by atoms with Crippen LogP contribution >= 0.6 is 27.7 Å². The van der Waals surface area contributed by atoms with Gasteiger partial charge in [0.2, 0.25) is 0 Å². The zero-order valence-corrected chi connectivity index (χ0v) is 14.0. The fourth-order valence-corrected chi connectivity index (χ4v) is 4.71. The lowest BCUT2D eigenvalue weighted by Crippen LogP contribution is -2.33. The zero-order chi connectivity index (χ0) is 14.0. The molecule has 1 aromatic heterocycles. The molecule has 2 heterocycles. The van der Waals surface area contributed by atoms with Gasteiger partial charge in [0, 0.05) is 24.3 Å². The van der Waals surface area contributed by atoms with E-state index >= 15 is 0 Å². The van der Waals surface area contributed by atoms with Crippen molar-refractivity contribution in [2.75, 3.05) is 24.3 Å². The van der Waals surface area contributed by atoms with E-state index in [0.717, 1.165) is 53.3 Å². The van der Waals surface area contributed by atoms with Crippen LogP contribution in [0.1, 0.15) is 18.4 Å². The summed E-state index contributed by atoms with van der Waals surface area (Å²) in [6.45, 7) is 3.87. The number of benzene rings is 1. The van der Waals surface area contributed by atoms with Crippen LogP contribution in [0.4, 0.5) is 0 Å². The largest absolute Gasteiger partial charge is 0.381 e. The van der Waals surface area contributed by atoms with Gasteiger partial charge in [0.25, 0.3) is 0 Å². The van der Waals surface area contributed by atoms with Crippen LogP contribution in [0.25, 0.3) is 11.0 Å². The number of aromatic amines is 1. The van der Waals surface area contributed by atoms with Gasteiger partial charge in [-0.1, -0.05) is 33.8 Å². The van der Waals surface area contributed by atoms with Gasteiger partial charge >= 0.3 is 0 Å². The Morgan fingerprint density at radius 1 is 1.40 bits per heavy atom. The van der Waals surface area contributed by atoms with Crippen molar-refractivity contribution in [2.24, 2.45) is 5.41 Å². The van der Waals surface area contributed by atoms with Crippen LogP contribution < -0.4 is 0 Å². The first kappa shape index (κ1) is 14.4. The Bertz CT molecular complexity index is 593. The van der Waals surface area contributed by atoms with Gasteiger partial charge in [-0.05, 0) is 42.9 Å². The second-order valence-electron chi connectivity index (χ2n) is 5.60. The van der Waals surface area contributed by atoms with Crippen LogP contribution in [0.2, 0.25) is 0 Å². The molecule has 3 rings (SSSR count). The Morgan fingerprint density at radius 3 is 2.95 bits per heavy atom. The van der Waals surface area contributed by atoms with Crippen molar-refractivity contribution in [3.8, 4) is 0 Å². The maximum Gasteiger partial charge on any atom is 0.166 e. The number of thioether (sulfide) groups is 1. The number of imidazole rings is 1. The fourth-order valence-electron chi connectivity index (χ4n) is 2.51. The van der Waals surface area contributed by atoms with E-state index in [1.807, 2.05) is 11.8 Å². The van der Waals surface area contributed by atoms with Gasteiger partial charge in [0.15, 0.2) is 5.16 Å². The SMILES string of the molecule is Cc1ccc2nc(SCC3(CBr)CCOCC3)[nH]c2c1. The van der Waals surface area contributed by atoms with E-state index < -0.39 is 0 Å². The quantitative estimate of drug-likeness (QED) is 0.661. The molecule has 5 heteroatoms. The number of halogens is 1. The highest BCUT2D eigenvalue weighted by Crippen LogP contribution is 2.37. The molecule has 2 aromatic rings. The number of H-pyrrole nitrogens is 1. The molecule has 0 atom stereocenters. The Labute approximate surface area is 132 Å². The number of hydrogen-bond donors (Lipinski definition) is 1. The summed E-state index contributed by atoms with van der Waals surface area (Å²) in [7, 11) is 0. The predicted molar refractivity (Wildman–Crippen MR) is 87.8 cm³/mol. The van der Waals surface area contributed by atoms with Gasteiger partial charge < -0.3 is 9.72 Å². The summed E-state index contributed by atoms with van der Waals surface area (Å²) >= 11 is 5.52. The summed E-state index contributed by atoms with van der Waals surface area (Å²) in [5.74, 6) is 1.08.